The van der Waals surface area contributed by atoms with Gasteiger partial charge in [-0.1, -0.05) is 13.3 Å². The number of unbranched alkanes of at least 4 members (excludes halogenated alkanes) is 1. The third-order valence-corrected chi connectivity index (χ3v) is 4.74. The average molecular weight is 400 g/mol. The van der Waals surface area contributed by atoms with E-state index in [0.717, 1.165) is 27.6 Å². The van der Waals surface area contributed by atoms with Gasteiger partial charge in [0.15, 0.2) is 0 Å². The molecule has 1 aromatic heterocycles. The van der Waals surface area contributed by atoms with Gasteiger partial charge in [-0.15, -0.1) is 11.3 Å². The van der Waals surface area contributed by atoms with Gasteiger partial charge < -0.3 is 9.64 Å². The van der Waals surface area contributed by atoms with Crippen LogP contribution in [0, 0.1) is 0 Å². The highest BCUT2D eigenvalue weighted by atomic mass is 32.1. The first-order chi connectivity index (χ1) is 12.8. The van der Waals surface area contributed by atoms with Crippen LogP contribution in [0.3, 0.4) is 0 Å². The molecular weight excluding hydrogens is 377 g/mol. The molecule has 0 spiro atoms. The maximum atomic E-state index is 12.7. The summed E-state index contributed by atoms with van der Waals surface area (Å²) in [7, 11) is 0. The predicted molar refractivity (Wildman–Crippen MR) is 100.0 cm³/mol. The number of rotatable bonds is 9. The molecule has 0 atom stereocenters. The number of aromatic nitrogens is 1. The number of alkyl halides is 3. The number of ether oxygens (including phenoxy) is 1. The lowest BCUT2D eigenvalue weighted by molar-refractivity contribution is -0.161. The summed E-state index contributed by atoms with van der Waals surface area (Å²) in [6.45, 7) is 3.24. The fraction of sp³-hybridized carbons (Fsp3) is 0.474. The zero-order valence-corrected chi connectivity index (χ0v) is 16.2. The maximum absolute atomic E-state index is 12.7. The average Bonchev–Trinajstić information content (AvgIpc) is 3.07. The maximum Gasteiger partial charge on any atom is 0.406 e. The van der Waals surface area contributed by atoms with Crippen molar-refractivity contribution in [2.45, 2.75) is 39.3 Å². The third kappa shape index (κ3) is 6.86. The van der Waals surface area contributed by atoms with Gasteiger partial charge in [0.25, 0.3) is 0 Å². The van der Waals surface area contributed by atoms with Gasteiger partial charge in [0.1, 0.15) is 17.3 Å². The molecule has 0 unspecified atom stereocenters. The van der Waals surface area contributed by atoms with E-state index in [1.807, 2.05) is 38.1 Å². The first-order valence-corrected chi connectivity index (χ1v) is 9.72. The van der Waals surface area contributed by atoms with Crippen molar-refractivity contribution < 1.29 is 22.7 Å². The van der Waals surface area contributed by atoms with E-state index in [0.29, 0.717) is 18.7 Å². The Balaban J connectivity index is 2.04. The van der Waals surface area contributed by atoms with Crippen LogP contribution in [-0.4, -0.2) is 41.7 Å². The molecule has 8 heteroatoms. The highest BCUT2D eigenvalue weighted by Crippen LogP contribution is 2.26. The second kappa shape index (κ2) is 9.73. The lowest BCUT2D eigenvalue weighted by Gasteiger charge is -2.23. The summed E-state index contributed by atoms with van der Waals surface area (Å²) in [4.78, 5) is 17.6. The summed E-state index contributed by atoms with van der Waals surface area (Å²) >= 11 is 1.36. The van der Waals surface area contributed by atoms with Crippen LogP contribution in [0.2, 0.25) is 0 Å². The summed E-state index contributed by atoms with van der Waals surface area (Å²) in [5.74, 6) is 0.205. The van der Waals surface area contributed by atoms with E-state index in [1.165, 1.54) is 11.3 Å². The minimum atomic E-state index is -4.40. The topological polar surface area (TPSA) is 42.4 Å². The first-order valence-electron chi connectivity index (χ1n) is 8.84. The van der Waals surface area contributed by atoms with E-state index < -0.39 is 18.6 Å². The quantitative estimate of drug-likeness (QED) is 0.599. The Morgan fingerprint density at radius 1 is 1.22 bits per heavy atom. The molecule has 0 saturated carbocycles. The van der Waals surface area contributed by atoms with Crippen molar-refractivity contribution in [1.29, 1.82) is 0 Å². The molecular formula is C19H23F3N2O2S. The molecule has 4 nitrogen and oxygen atoms in total. The van der Waals surface area contributed by atoms with Crippen molar-refractivity contribution in [1.82, 2.24) is 9.88 Å². The Hall–Kier alpha value is -2.09. The molecule has 1 aromatic carbocycles. The fourth-order valence-electron chi connectivity index (χ4n) is 2.51. The normalized spacial score (nSPS) is 11.4. The number of thiazole rings is 1. The molecule has 2 rings (SSSR count). The molecule has 148 valence electrons. The van der Waals surface area contributed by atoms with Gasteiger partial charge in [-0.2, -0.15) is 13.2 Å². The van der Waals surface area contributed by atoms with Crippen LogP contribution < -0.4 is 4.74 Å². The van der Waals surface area contributed by atoms with Crippen molar-refractivity contribution in [3.63, 3.8) is 0 Å². The number of carbonyl (C=O) groups excluding carboxylic acids is 1. The first kappa shape index (κ1) is 21.2. The molecule has 27 heavy (non-hydrogen) atoms. The Labute approximate surface area is 161 Å². The Morgan fingerprint density at radius 3 is 2.52 bits per heavy atom. The highest BCUT2D eigenvalue weighted by molar-refractivity contribution is 7.13. The van der Waals surface area contributed by atoms with Crippen molar-refractivity contribution in [3.05, 3.63) is 35.3 Å². The van der Waals surface area contributed by atoms with Gasteiger partial charge >= 0.3 is 6.18 Å². The highest BCUT2D eigenvalue weighted by Gasteiger charge is 2.32. The largest absolute Gasteiger partial charge is 0.494 e. The standard InChI is InChI=1S/C19H23F3N2O2S/c1-3-5-10-24(13-19(20,21)22)17(25)11-15-12-27-18(23-15)14-6-8-16(9-7-14)26-4-2/h6-9,12H,3-5,10-11,13H2,1-2H3. The lowest BCUT2D eigenvalue weighted by Crippen LogP contribution is -2.40. The number of hydrogen-bond acceptors (Lipinski definition) is 4. The molecule has 0 N–H and O–H groups in total. The van der Waals surface area contributed by atoms with Crippen LogP contribution in [0.1, 0.15) is 32.4 Å². The molecule has 0 aliphatic carbocycles. The van der Waals surface area contributed by atoms with Crippen molar-refractivity contribution in [2.24, 2.45) is 0 Å². The number of amides is 1. The van der Waals surface area contributed by atoms with Crippen LogP contribution in [0.15, 0.2) is 29.6 Å². The SMILES string of the molecule is CCCCN(CC(F)(F)F)C(=O)Cc1csc(-c2ccc(OCC)cc2)n1. The van der Waals surface area contributed by atoms with Crippen LogP contribution in [0.5, 0.6) is 5.75 Å². The van der Waals surface area contributed by atoms with Crippen molar-refractivity contribution in [2.75, 3.05) is 19.7 Å². The van der Waals surface area contributed by atoms with Crippen LogP contribution in [0.25, 0.3) is 10.6 Å². The molecule has 2 aromatic rings. The molecule has 1 amide bonds. The Bertz CT molecular complexity index is 729. The van der Waals surface area contributed by atoms with Crippen LogP contribution in [-0.2, 0) is 11.2 Å². The predicted octanol–water partition coefficient (Wildman–Crippen LogP) is 4.94. The fourth-order valence-corrected chi connectivity index (χ4v) is 3.33. The van der Waals surface area contributed by atoms with Gasteiger partial charge in [-0.05, 0) is 37.6 Å². The number of carbonyl (C=O) groups is 1. The summed E-state index contributed by atoms with van der Waals surface area (Å²) in [5.41, 5.74) is 1.36. The monoisotopic (exact) mass is 400 g/mol. The second-order valence-electron chi connectivity index (χ2n) is 6.06. The van der Waals surface area contributed by atoms with E-state index in [-0.39, 0.29) is 13.0 Å². The number of hydrogen-bond donors (Lipinski definition) is 0. The number of nitrogens with zero attached hydrogens (tertiary/aromatic N) is 2. The van der Waals surface area contributed by atoms with E-state index >= 15 is 0 Å². The summed E-state index contributed by atoms with van der Waals surface area (Å²) < 4.78 is 43.6. The van der Waals surface area contributed by atoms with Crippen molar-refractivity contribution in [3.8, 4) is 16.3 Å². The molecule has 0 saturated heterocycles. The summed E-state index contributed by atoms with van der Waals surface area (Å²) in [6, 6.07) is 7.40. The molecule has 0 fully saturated rings. The minimum Gasteiger partial charge on any atom is -0.494 e. The molecule has 0 aliphatic rings. The molecule has 0 aliphatic heterocycles. The smallest absolute Gasteiger partial charge is 0.406 e. The van der Waals surface area contributed by atoms with Gasteiger partial charge in [0, 0.05) is 17.5 Å². The second-order valence-corrected chi connectivity index (χ2v) is 6.92. The van der Waals surface area contributed by atoms with Gasteiger partial charge in [0.05, 0.1) is 18.7 Å². The minimum absolute atomic E-state index is 0.102. The van der Waals surface area contributed by atoms with Crippen molar-refractivity contribution >= 4 is 17.2 Å². The third-order valence-electron chi connectivity index (χ3n) is 3.80. The molecule has 0 radical (unpaired) electrons. The summed E-state index contributed by atoms with van der Waals surface area (Å²) in [6.07, 6.45) is -3.27. The van der Waals surface area contributed by atoms with Crippen LogP contribution in [0.4, 0.5) is 13.2 Å². The number of halogens is 3. The van der Waals surface area contributed by atoms with E-state index in [2.05, 4.69) is 4.98 Å². The summed E-state index contributed by atoms with van der Waals surface area (Å²) in [5, 5.41) is 2.44. The van der Waals surface area contributed by atoms with E-state index in [9.17, 15) is 18.0 Å². The van der Waals surface area contributed by atoms with Gasteiger partial charge in [-0.3, -0.25) is 4.79 Å². The number of benzene rings is 1. The lowest BCUT2D eigenvalue weighted by atomic mass is 10.2. The Kier molecular flexibility index (Phi) is 7.65. The zero-order valence-electron chi connectivity index (χ0n) is 15.4. The Morgan fingerprint density at radius 2 is 1.93 bits per heavy atom. The van der Waals surface area contributed by atoms with Gasteiger partial charge in [0.2, 0.25) is 5.91 Å². The molecule has 1 heterocycles. The van der Waals surface area contributed by atoms with E-state index in [1.54, 1.807) is 5.38 Å². The van der Waals surface area contributed by atoms with Crippen LogP contribution >= 0.6 is 11.3 Å². The van der Waals surface area contributed by atoms with Gasteiger partial charge in [-0.25, -0.2) is 4.98 Å². The molecule has 0 bridgehead atoms. The zero-order chi connectivity index (χ0) is 19.9. The van der Waals surface area contributed by atoms with E-state index in [4.69, 9.17) is 4.74 Å².